The van der Waals surface area contributed by atoms with E-state index in [0.29, 0.717) is 25.1 Å². The van der Waals surface area contributed by atoms with E-state index in [-0.39, 0.29) is 30.7 Å². The summed E-state index contributed by atoms with van der Waals surface area (Å²) in [7, 11) is 0. The van der Waals surface area contributed by atoms with Gasteiger partial charge in [-0.25, -0.2) is 8.78 Å². The first kappa shape index (κ1) is 15.9. The zero-order valence-corrected chi connectivity index (χ0v) is 12.4. The monoisotopic (exact) mass is 325 g/mol. The quantitative estimate of drug-likeness (QED) is 0.916. The van der Waals surface area contributed by atoms with Crippen LogP contribution in [-0.4, -0.2) is 47.7 Å². The van der Waals surface area contributed by atoms with Crippen molar-refractivity contribution < 1.29 is 28.2 Å². The lowest BCUT2D eigenvalue weighted by Crippen LogP contribution is -2.47. The maximum Gasteiger partial charge on any atom is 0.306 e. The number of carboxylic acid groups (broad SMARTS) is 1. The molecule has 124 valence electrons. The fraction of sp³-hybridized carbons (Fsp3) is 0.500. The van der Waals surface area contributed by atoms with Crippen LogP contribution in [0.25, 0.3) is 0 Å². The standard InChI is InChI=1S/C16H17F2NO4/c17-13-2-1-9(5-14(13)18)11-7-12(11)16(22)19-3-4-23-10(8-19)6-15(20)21/h1-2,5,10-12H,3-4,6-8H2,(H,20,21). The highest BCUT2D eigenvalue weighted by Gasteiger charge is 2.46. The van der Waals surface area contributed by atoms with Crippen molar-refractivity contribution in [2.75, 3.05) is 19.7 Å². The number of hydrogen-bond donors (Lipinski definition) is 1. The Hall–Kier alpha value is -2.02. The van der Waals surface area contributed by atoms with Crippen molar-refractivity contribution in [2.24, 2.45) is 5.92 Å². The lowest BCUT2D eigenvalue weighted by atomic mass is 10.1. The molecule has 1 saturated heterocycles. The molecule has 3 unspecified atom stereocenters. The molecule has 2 aliphatic rings. The highest BCUT2D eigenvalue weighted by Crippen LogP contribution is 2.48. The summed E-state index contributed by atoms with van der Waals surface area (Å²) in [5.74, 6) is -3.19. The van der Waals surface area contributed by atoms with E-state index in [0.717, 1.165) is 12.1 Å². The zero-order chi connectivity index (χ0) is 16.6. The normalized spacial score (nSPS) is 26.9. The van der Waals surface area contributed by atoms with E-state index in [9.17, 15) is 18.4 Å². The van der Waals surface area contributed by atoms with Crippen LogP contribution in [0.3, 0.4) is 0 Å². The molecule has 0 spiro atoms. The first-order chi connectivity index (χ1) is 11.0. The number of benzene rings is 1. The summed E-state index contributed by atoms with van der Waals surface area (Å²) in [4.78, 5) is 24.8. The maximum absolute atomic E-state index is 13.3. The fourth-order valence-electron chi connectivity index (χ4n) is 3.05. The Morgan fingerprint density at radius 1 is 1.30 bits per heavy atom. The Morgan fingerprint density at radius 2 is 2.09 bits per heavy atom. The van der Waals surface area contributed by atoms with Crippen molar-refractivity contribution in [1.82, 2.24) is 4.90 Å². The van der Waals surface area contributed by atoms with Gasteiger partial charge in [-0.15, -0.1) is 0 Å². The Bertz CT molecular complexity index is 637. The number of aliphatic carboxylic acids is 1. The molecule has 5 nitrogen and oxygen atoms in total. The van der Waals surface area contributed by atoms with Crippen molar-refractivity contribution in [3.05, 3.63) is 35.4 Å². The molecular weight excluding hydrogens is 308 g/mol. The van der Waals surface area contributed by atoms with E-state index in [2.05, 4.69) is 0 Å². The summed E-state index contributed by atoms with van der Waals surface area (Å²) in [5, 5.41) is 8.80. The second-order valence-electron chi connectivity index (χ2n) is 6.00. The molecule has 1 saturated carbocycles. The van der Waals surface area contributed by atoms with Gasteiger partial charge in [0.1, 0.15) is 0 Å². The van der Waals surface area contributed by atoms with E-state index in [1.807, 2.05) is 0 Å². The van der Waals surface area contributed by atoms with E-state index in [1.165, 1.54) is 6.07 Å². The summed E-state index contributed by atoms with van der Waals surface area (Å²) in [6.07, 6.45) is -0.0306. The van der Waals surface area contributed by atoms with Crippen LogP contribution in [0, 0.1) is 17.6 Å². The molecule has 0 bridgehead atoms. The number of morpholine rings is 1. The van der Waals surface area contributed by atoms with Gasteiger partial charge in [-0.3, -0.25) is 9.59 Å². The minimum atomic E-state index is -0.963. The number of carbonyl (C=O) groups is 2. The summed E-state index contributed by atoms with van der Waals surface area (Å²) < 4.78 is 31.6. The van der Waals surface area contributed by atoms with Crippen molar-refractivity contribution >= 4 is 11.9 Å². The Morgan fingerprint density at radius 3 is 2.78 bits per heavy atom. The highest BCUT2D eigenvalue weighted by atomic mass is 19.2. The van der Waals surface area contributed by atoms with Crippen LogP contribution in [0.1, 0.15) is 24.3 Å². The predicted octanol–water partition coefficient (Wildman–Crippen LogP) is 1.77. The molecule has 23 heavy (non-hydrogen) atoms. The summed E-state index contributed by atoms with van der Waals surface area (Å²) in [6.45, 7) is 0.994. The number of amides is 1. The molecule has 1 amide bonds. The van der Waals surface area contributed by atoms with Gasteiger partial charge in [-0.2, -0.15) is 0 Å². The number of halogens is 2. The van der Waals surface area contributed by atoms with Crippen LogP contribution < -0.4 is 0 Å². The van der Waals surface area contributed by atoms with Gasteiger partial charge in [0.2, 0.25) is 5.91 Å². The van der Waals surface area contributed by atoms with Gasteiger partial charge in [0.25, 0.3) is 0 Å². The highest BCUT2D eigenvalue weighted by molar-refractivity contribution is 5.83. The van der Waals surface area contributed by atoms with Gasteiger partial charge in [0, 0.05) is 19.0 Å². The Balaban J connectivity index is 1.61. The first-order valence-electron chi connectivity index (χ1n) is 7.53. The first-order valence-corrected chi connectivity index (χ1v) is 7.53. The minimum absolute atomic E-state index is 0.0709. The van der Waals surface area contributed by atoms with Crippen LogP contribution in [-0.2, 0) is 14.3 Å². The molecule has 1 aromatic rings. The van der Waals surface area contributed by atoms with Gasteiger partial charge >= 0.3 is 5.97 Å². The third-order valence-electron chi connectivity index (χ3n) is 4.33. The number of nitrogens with zero attached hydrogens (tertiary/aromatic N) is 1. The number of hydrogen-bond acceptors (Lipinski definition) is 3. The molecule has 1 N–H and O–H groups in total. The molecule has 3 atom stereocenters. The Kier molecular flexibility index (Phi) is 4.30. The lowest BCUT2D eigenvalue weighted by molar-refractivity contribution is -0.148. The average Bonchev–Trinajstić information content (AvgIpc) is 3.29. The lowest BCUT2D eigenvalue weighted by Gasteiger charge is -2.32. The third kappa shape index (κ3) is 3.50. The van der Waals surface area contributed by atoms with Gasteiger partial charge in [0.15, 0.2) is 11.6 Å². The van der Waals surface area contributed by atoms with Gasteiger partial charge in [-0.1, -0.05) is 6.07 Å². The van der Waals surface area contributed by atoms with Crippen molar-refractivity contribution in [3.63, 3.8) is 0 Å². The number of carboxylic acids is 1. The van der Waals surface area contributed by atoms with Crippen LogP contribution in [0.2, 0.25) is 0 Å². The van der Waals surface area contributed by atoms with E-state index in [1.54, 1.807) is 4.90 Å². The topological polar surface area (TPSA) is 66.8 Å². The molecule has 7 heteroatoms. The third-order valence-corrected chi connectivity index (χ3v) is 4.33. The van der Waals surface area contributed by atoms with Gasteiger partial charge in [0.05, 0.1) is 19.1 Å². The average molecular weight is 325 g/mol. The summed E-state index contributed by atoms with van der Waals surface area (Å²) in [5.41, 5.74) is 0.623. The van der Waals surface area contributed by atoms with Gasteiger partial charge < -0.3 is 14.7 Å². The van der Waals surface area contributed by atoms with Crippen LogP contribution >= 0.6 is 0 Å². The molecule has 0 aromatic heterocycles. The number of rotatable bonds is 4. The van der Waals surface area contributed by atoms with E-state index < -0.39 is 23.7 Å². The number of ether oxygens (including phenoxy) is 1. The van der Waals surface area contributed by atoms with E-state index in [4.69, 9.17) is 9.84 Å². The maximum atomic E-state index is 13.3. The second-order valence-corrected chi connectivity index (χ2v) is 6.00. The molecule has 1 aliphatic carbocycles. The van der Waals surface area contributed by atoms with E-state index >= 15 is 0 Å². The summed E-state index contributed by atoms with van der Waals surface area (Å²) >= 11 is 0. The second kappa shape index (κ2) is 6.23. The molecule has 1 heterocycles. The molecule has 1 aromatic carbocycles. The molecule has 1 aliphatic heterocycles. The molecular formula is C16H17F2NO4. The van der Waals surface area contributed by atoms with Crippen LogP contribution in [0.4, 0.5) is 8.78 Å². The van der Waals surface area contributed by atoms with Crippen molar-refractivity contribution in [3.8, 4) is 0 Å². The van der Waals surface area contributed by atoms with Crippen LogP contribution in [0.15, 0.2) is 18.2 Å². The predicted molar refractivity (Wildman–Crippen MR) is 75.8 cm³/mol. The van der Waals surface area contributed by atoms with Gasteiger partial charge in [-0.05, 0) is 30.0 Å². The molecule has 2 fully saturated rings. The van der Waals surface area contributed by atoms with Crippen molar-refractivity contribution in [2.45, 2.75) is 24.9 Å². The SMILES string of the molecule is O=C(O)CC1CN(C(=O)C2CC2c2ccc(F)c(F)c2)CCO1. The zero-order valence-electron chi connectivity index (χ0n) is 12.4. The number of carbonyl (C=O) groups excluding carboxylic acids is 1. The van der Waals surface area contributed by atoms with Crippen LogP contribution in [0.5, 0.6) is 0 Å². The summed E-state index contributed by atoms with van der Waals surface area (Å²) in [6, 6.07) is 3.71. The van der Waals surface area contributed by atoms with Crippen molar-refractivity contribution in [1.29, 1.82) is 0 Å². The Labute approximate surface area is 131 Å². The molecule has 0 radical (unpaired) electrons. The fourth-order valence-corrected chi connectivity index (χ4v) is 3.05. The smallest absolute Gasteiger partial charge is 0.306 e. The largest absolute Gasteiger partial charge is 0.481 e. The minimum Gasteiger partial charge on any atom is -0.481 e. The molecule has 3 rings (SSSR count).